The Labute approximate surface area is 142 Å². The van der Waals surface area contributed by atoms with Gasteiger partial charge in [-0.2, -0.15) is 5.10 Å². The Kier molecular flexibility index (Phi) is 6.23. The molecular weight excluding hydrogens is 306 g/mol. The summed E-state index contributed by atoms with van der Waals surface area (Å²) in [6.07, 6.45) is 3.58. The maximum absolute atomic E-state index is 12.3. The van der Waals surface area contributed by atoms with Crippen LogP contribution in [0.15, 0.2) is 30.5 Å². The van der Waals surface area contributed by atoms with Gasteiger partial charge in [-0.05, 0) is 43.5 Å². The molecule has 1 aromatic heterocycles. The smallest absolute Gasteiger partial charge is 0.225 e. The minimum atomic E-state index is -0.0510. The molecule has 0 fully saturated rings. The third kappa shape index (κ3) is 4.28. The van der Waals surface area contributed by atoms with Crippen molar-refractivity contribution in [3.63, 3.8) is 0 Å². The van der Waals surface area contributed by atoms with Crippen molar-refractivity contribution in [2.24, 2.45) is 0 Å². The number of hydrogen-bond acceptors (Lipinski definition) is 4. The maximum atomic E-state index is 12.3. The molecule has 2 aromatic rings. The molecule has 0 saturated carbocycles. The number of methoxy groups -OCH3 is 2. The molecule has 0 spiro atoms. The molecule has 0 aliphatic heterocycles. The molecule has 1 aromatic carbocycles. The number of ether oxygens (including phenoxy) is 2. The van der Waals surface area contributed by atoms with E-state index >= 15 is 0 Å². The van der Waals surface area contributed by atoms with E-state index in [4.69, 9.17) is 9.47 Å². The van der Waals surface area contributed by atoms with E-state index in [2.05, 4.69) is 24.3 Å². The Morgan fingerprint density at radius 2 is 2.08 bits per heavy atom. The molecule has 1 unspecified atom stereocenters. The molecule has 0 bridgehead atoms. The molecule has 24 heavy (non-hydrogen) atoms. The molecule has 6 nitrogen and oxygen atoms in total. The Bertz CT molecular complexity index is 682. The van der Waals surface area contributed by atoms with Gasteiger partial charge in [0.1, 0.15) is 17.3 Å². The van der Waals surface area contributed by atoms with Crippen LogP contribution in [-0.2, 0) is 11.2 Å². The number of carbonyl (C=O) groups is 1. The van der Waals surface area contributed by atoms with E-state index in [9.17, 15) is 4.79 Å². The van der Waals surface area contributed by atoms with Gasteiger partial charge in [0.2, 0.25) is 5.91 Å². The summed E-state index contributed by atoms with van der Waals surface area (Å²) < 4.78 is 12.4. The molecule has 0 aliphatic rings. The molecule has 1 heterocycles. The number of amides is 1. The van der Waals surface area contributed by atoms with Crippen molar-refractivity contribution < 1.29 is 14.3 Å². The first-order chi connectivity index (χ1) is 11.6. The number of carbonyl (C=O) groups excluding carboxylic acids is 1. The van der Waals surface area contributed by atoms with Crippen LogP contribution < -0.4 is 14.8 Å². The molecule has 1 atom stereocenters. The lowest BCUT2D eigenvalue weighted by Crippen LogP contribution is -2.17. The Hall–Kier alpha value is -2.50. The summed E-state index contributed by atoms with van der Waals surface area (Å²) in [4.78, 5) is 12.3. The number of anilines is 1. The standard InChI is InChI=1S/C18H25N3O3/c1-5-13(2)21-17(10-11-19-21)20-18(22)9-6-14-12-15(23-3)7-8-16(14)24-4/h7-8,10-13H,5-6,9H2,1-4H3,(H,20,22). The highest BCUT2D eigenvalue weighted by Crippen LogP contribution is 2.25. The minimum absolute atomic E-state index is 0.0510. The maximum Gasteiger partial charge on any atom is 0.225 e. The average molecular weight is 331 g/mol. The average Bonchev–Trinajstić information content (AvgIpc) is 3.06. The molecule has 0 aliphatic carbocycles. The van der Waals surface area contributed by atoms with Crippen LogP contribution in [-0.4, -0.2) is 29.9 Å². The molecule has 2 rings (SSSR count). The van der Waals surface area contributed by atoms with E-state index in [0.29, 0.717) is 12.8 Å². The molecule has 1 N–H and O–H groups in total. The fraction of sp³-hybridized carbons (Fsp3) is 0.444. The third-order valence-electron chi connectivity index (χ3n) is 4.06. The van der Waals surface area contributed by atoms with Crippen LogP contribution in [0.25, 0.3) is 0 Å². The van der Waals surface area contributed by atoms with Crippen LogP contribution in [0.1, 0.15) is 38.3 Å². The number of rotatable bonds is 8. The highest BCUT2D eigenvalue weighted by molar-refractivity contribution is 5.90. The second kappa shape index (κ2) is 8.38. The number of benzene rings is 1. The van der Waals surface area contributed by atoms with E-state index in [1.807, 2.05) is 28.9 Å². The van der Waals surface area contributed by atoms with Gasteiger partial charge in [-0.25, -0.2) is 4.68 Å². The summed E-state index contributed by atoms with van der Waals surface area (Å²) in [5.74, 6) is 2.19. The number of aromatic nitrogens is 2. The quantitative estimate of drug-likeness (QED) is 0.805. The number of nitrogens with zero attached hydrogens (tertiary/aromatic N) is 2. The normalized spacial score (nSPS) is 11.8. The van der Waals surface area contributed by atoms with Gasteiger partial charge in [0.05, 0.1) is 26.5 Å². The summed E-state index contributed by atoms with van der Waals surface area (Å²) in [7, 11) is 3.24. The number of nitrogens with one attached hydrogen (secondary N) is 1. The van der Waals surface area contributed by atoms with Gasteiger partial charge in [-0.15, -0.1) is 0 Å². The van der Waals surface area contributed by atoms with Gasteiger partial charge in [0.25, 0.3) is 0 Å². The van der Waals surface area contributed by atoms with Crippen molar-refractivity contribution in [3.8, 4) is 11.5 Å². The molecule has 0 saturated heterocycles. The lowest BCUT2D eigenvalue weighted by Gasteiger charge is -2.14. The minimum Gasteiger partial charge on any atom is -0.497 e. The highest BCUT2D eigenvalue weighted by atomic mass is 16.5. The van der Waals surface area contributed by atoms with Crippen LogP contribution in [0.4, 0.5) is 5.82 Å². The molecule has 0 radical (unpaired) electrons. The summed E-state index contributed by atoms with van der Waals surface area (Å²) >= 11 is 0. The van der Waals surface area contributed by atoms with Crippen LogP contribution in [0.3, 0.4) is 0 Å². The predicted octanol–water partition coefficient (Wildman–Crippen LogP) is 3.44. The Morgan fingerprint density at radius 1 is 1.29 bits per heavy atom. The van der Waals surface area contributed by atoms with Crippen LogP contribution in [0, 0.1) is 0 Å². The van der Waals surface area contributed by atoms with Crippen molar-refractivity contribution in [1.29, 1.82) is 0 Å². The van der Waals surface area contributed by atoms with Crippen molar-refractivity contribution in [1.82, 2.24) is 9.78 Å². The second-order valence-corrected chi connectivity index (χ2v) is 5.64. The van der Waals surface area contributed by atoms with E-state index in [-0.39, 0.29) is 11.9 Å². The molecule has 6 heteroatoms. The SMILES string of the molecule is CCC(C)n1nccc1NC(=O)CCc1cc(OC)ccc1OC. The Balaban J connectivity index is 2.00. The lowest BCUT2D eigenvalue weighted by atomic mass is 10.1. The predicted molar refractivity (Wildman–Crippen MR) is 93.7 cm³/mol. The molecule has 1 amide bonds. The fourth-order valence-corrected chi connectivity index (χ4v) is 2.47. The first-order valence-corrected chi connectivity index (χ1v) is 8.13. The third-order valence-corrected chi connectivity index (χ3v) is 4.06. The van der Waals surface area contributed by atoms with E-state index in [0.717, 1.165) is 29.3 Å². The first-order valence-electron chi connectivity index (χ1n) is 8.13. The Morgan fingerprint density at radius 3 is 2.75 bits per heavy atom. The van der Waals surface area contributed by atoms with E-state index in [1.165, 1.54) is 0 Å². The van der Waals surface area contributed by atoms with E-state index < -0.39 is 0 Å². The second-order valence-electron chi connectivity index (χ2n) is 5.64. The topological polar surface area (TPSA) is 65.4 Å². The van der Waals surface area contributed by atoms with E-state index in [1.54, 1.807) is 20.4 Å². The first kappa shape index (κ1) is 17.8. The summed E-state index contributed by atoms with van der Waals surface area (Å²) in [6, 6.07) is 7.65. The van der Waals surface area contributed by atoms with Crippen molar-refractivity contribution >= 4 is 11.7 Å². The largest absolute Gasteiger partial charge is 0.497 e. The zero-order valence-electron chi connectivity index (χ0n) is 14.7. The van der Waals surface area contributed by atoms with Gasteiger partial charge in [-0.3, -0.25) is 4.79 Å². The van der Waals surface area contributed by atoms with Gasteiger partial charge in [-0.1, -0.05) is 6.92 Å². The summed E-state index contributed by atoms with van der Waals surface area (Å²) in [5.41, 5.74) is 0.947. The monoisotopic (exact) mass is 331 g/mol. The van der Waals surface area contributed by atoms with Gasteiger partial charge < -0.3 is 14.8 Å². The zero-order chi connectivity index (χ0) is 17.5. The molecular formula is C18H25N3O3. The number of hydrogen-bond donors (Lipinski definition) is 1. The highest BCUT2D eigenvalue weighted by Gasteiger charge is 2.12. The van der Waals surface area contributed by atoms with Gasteiger partial charge in [0, 0.05) is 12.5 Å². The van der Waals surface area contributed by atoms with Crippen molar-refractivity contribution in [2.75, 3.05) is 19.5 Å². The van der Waals surface area contributed by atoms with Crippen LogP contribution in [0.2, 0.25) is 0 Å². The number of aryl methyl sites for hydroxylation is 1. The zero-order valence-corrected chi connectivity index (χ0v) is 14.7. The van der Waals surface area contributed by atoms with Crippen molar-refractivity contribution in [3.05, 3.63) is 36.0 Å². The van der Waals surface area contributed by atoms with Gasteiger partial charge in [0.15, 0.2) is 0 Å². The summed E-state index contributed by atoms with van der Waals surface area (Å²) in [5, 5.41) is 7.21. The van der Waals surface area contributed by atoms with Crippen LogP contribution >= 0.6 is 0 Å². The fourth-order valence-electron chi connectivity index (χ4n) is 2.47. The lowest BCUT2D eigenvalue weighted by molar-refractivity contribution is -0.116. The van der Waals surface area contributed by atoms with Crippen molar-refractivity contribution in [2.45, 2.75) is 39.2 Å². The summed E-state index contributed by atoms with van der Waals surface area (Å²) in [6.45, 7) is 4.16. The molecule has 130 valence electrons. The van der Waals surface area contributed by atoms with Gasteiger partial charge >= 0.3 is 0 Å². The van der Waals surface area contributed by atoms with Crippen LogP contribution in [0.5, 0.6) is 11.5 Å².